The molecular formula is C24H27FN8O. The van der Waals surface area contributed by atoms with Crippen molar-refractivity contribution in [2.45, 2.75) is 44.2 Å². The van der Waals surface area contributed by atoms with Gasteiger partial charge in [0.2, 0.25) is 0 Å². The van der Waals surface area contributed by atoms with E-state index in [1.54, 1.807) is 6.20 Å². The van der Waals surface area contributed by atoms with E-state index in [0.29, 0.717) is 41.3 Å². The number of rotatable bonds is 2. The summed E-state index contributed by atoms with van der Waals surface area (Å²) in [4.78, 5) is 17.9. The van der Waals surface area contributed by atoms with E-state index in [0.717, 1.165) is 38.4 Å². The van der Waals surface area contributed by atoms with E-state index in [9.17, 15) is 4.39 Å². The van der Waals surface area contributed by atoms with Gasteiger partial charge in [0, 0.05) is 37.2 Å². The maximum absolute atomic E-state index is 14.1. The molecule has 0 unspecified atom stereocenters. The molecule has 176 valence electrons. The van der Waals surface area contributed by atoms with Crippen molar-refractivity contribution in [2.24, 2.45) is 11.1 Å². The SMILES string of the molecule is C#C[C@H]1CCN(c2n[nH]c3nc(N4CCC5(CC4)CO[C@@H](C)[C@H]5N)cnc23)c2cc(F)cnc21. The topological polar surface area (TPSA) is 109 Å². The first-order chi connectivity index (χ1) is 16.5. The molecule has 0 amide bonds. The zero-order valence-electron chi connectivity index (χ0n) is 19.0. The zero-order valence-corrected chi connectivity index (χ0v) is 19.0. The quantitative estimate of drug-likeness (QED) is 0.559. The molecule has 0 aliphatic carbocycles. The smallest absolute Gasteiger partial charge is 0.183 e. The fraction of sp³-hybridized carbons (Fsp3) is 0.500. The number of anilines is 3. The van der Waals surface area contributed by atoms with Crippen molar-refractivity contribution < 1.29 is 9.13 Å². The average Bonchev–Trinajstić information content (AvgIpc) is 3.40. The molecule has 6 rings (SSSR count). The Morgan fingerprint density at radius 2 is 2.09 bits per heavy atom. The van der Waals surface area contributed by atoms with E-state index in [4.69, 9.17) is 26.9 Å². The molecule has 1 spiro atoms. The monoisotopic (exact) mass is 462 g/mol. The third-order valence-electron chi connectivity index (χ3n) is 7.75. The number of pyridine rings is 1. The van der Waals surface area contributed by atoms with Crippen molar-refractivity contribution in [1.82, 2.24) is 25.1 Å². The first kappa shape index (κ1) is 21.3. The largest absolute Gasteiger partial charge is 0.376 e. The highest BCUT2D eigenvalue weighted by Crippen LogP contribution is 2.42. The Kier molecular flexibility index (Phi) is 4.93. The van der Waals surface area contributed by atoms with Gasteiger partial charge in [-0.1, -0.05) is 5.92 Å². The summed E-state index contributed by atoms with van der Waals surface area (Å²) in [6.45, 7) is 5.07. The Morgan fingerprint density at radius 3 is 2.82 bits per heavy atom. The minimum absolute atomic E-state index is 0.0514. The molecule has 3 N–H and O–H groups in total. The predicted octanol–water partition coefficient (Wildman–Crippen LogP) is 2.48. The molecule has 6 heterocycles. The summed E-state index contributed by atoms with van der Waals surface area (Å²) in [5.74, 6) is 3.59. The average molecular weight is 463 g/mol. The number of H-pyrrole nitrogens is 1. The van der Waals surface area contributed by atoms with Crippen LogP contribution in [0.2, 0.25) is 0 Å². The standard InChI is InChI=1S/C24H27FN8O/c1-3-15-4-7-33(17-10-16(25)11-27-19(15)17)23-20-22(30-31-23)29-18(12-28-20)32-8-5-24(6-9-32)13-34-14(2)21(24)26/h1,10-12,14-15,21H,4-9,13,26H2,2H3,(H,29,30,31)/t14-,15-,21+/m0/s1. The van der Waals surface area contributed by atoms with Crippen LogP contribution in [0.4, 0.5) is 21.7 Å². The van der Waals surface area contributed by atoms with Crippen LogP contribution in [0.25, 0.3) is 11.2 Å². The van der Waals surface area contributed by atoms with Gasteiger partial charge in [-0.05, 0) is 26.2 Å². The Hall–Kier alpha value is -3.29. The number of terminal acetylenes is 1. The van der Waals surface area contributed by atoms with Crippen molar-refractivity contribution >= 4 is 28.5 Å². The fourth-order valence-corrected chi connectivity index (χ4v) is 5.60. The van der Waals surface area contributed by atoms with E-state index >= 15 is 0 Å². The van der Waals surface area contributed by atoms with E-state index < -0.39 is 5.82 Å². The molecular weight excluding hydrogens is 435 g/mol. The van der Waals surface area contributed by atoms with Gasteiger partial charge in [0.15, 0.2) is 17.0 Å². The maximum atomic E-state index is 14.1. The van der Waals surface area contributed by atoms with Crippen LogP contribution < -0.4 is 15.5 Å². The van der Waals surface area contributed by atoms with Gasteiger partial charge in [-0.25, -0.2) is 14.4 Å². The Morgan fingerprint density at radius 1 is 1.26 bits per heavy atom. The van der Waals surface area contributed by atoms with Gasteiger partial charge < -0.3 is 20.3 Å². The number of fused-ring (bicyclic) bond motifs is 2. The summed E-state index contributed by atoms with van der Waals surface area (Å²) >= 11 is 0. The molecule has 3 aromatic rings. The lowest BCUT2D eigenvalue weighted by Crippen LogP contribution is -2.50. The number of piperidine rings is 1. The maximum Gasteiger partial charge on any atom is 0.183 e. The van der Waals surface area contributed by atoms with E-state index in [1.807, 2.05) is 4.90 Å². The molecule has 3 aliphatic rings. The molecule has 34 heavy (non-hydrogen) atoms. The second-order valence-electron chi connectivity index (χ2n) is 9.58. The molecule has 3 atom stereocenters. The molecule has 0 radical (unpaired) electrons. The minimum Gasteiger partial charge on any atom is -0.376 e. The minimum atomic E-state index is -0.417. The van der Waals surface area contributed by atoms with Crippen LogP contribution in [0.1, 0.15) is 37.8 Å². The van der Waals surface area contributed by atoms with Gasteiger partial charge in [-0.2, -0.15) is 5.10 Å². The Bertz CT molecular complexity index is 1280. The molecule has 2 saturated heterocycles. The normalized spacial score (nSPS) is 26.1. The third-order valence-corrected chi connectivity index (χ3v) is 7.75. The summed E-state index contributed by atoms with van der Waals surface area (Å²) in [6, 6.07) is 1.52. The van der Waals surface area contributed by atoms with Gasteiger partial charge in [-0.3, -0.25) is 10.1 Å². The van der Waals surface area contributed by atoms with Gasteiger partial charge in [-0.15, -0.1) is 6.42 Å². The lowest BCUT2D eigenvalue weighted by atomic mass is 9.73. The van der Waals surface area contributed by atoms with Gasteiger partial charge >= 0.3 is 0 Å². The van der Waals surface area contributed by atoms with Crippen LogP contribution in [0.5, 0.6) is 0 Å². The zero-order chi connectivity index (χ0) is 23.4. The summed E-state index contributed by atoms with van der Waals surface area (Å²) < 4.78 is 19.9. The lowest BCUT2D eigenvalue weighted by molar-refractivity contribution is 0.0974. The van der Waals surface area contributed by atoms with Crippen LogP contribution in [0.3, 0.4) is 0 Å². The number of halogens is 1. The molecule has 3 aromatic heterocycles. The molecule has 0 bridgehead atoms. The van der Waals surface area contributed by atoms with Gasteiger partial charge in [0.05, 0.1) is 42.4 Å². The Balaban J connectivity index is 1.27. The van der Waals surface area contributed by atoms with Crippen LogP contribution >= 0.6 is 0 Å². The highest BCUT2D eigenvalue weighted by molar-refractivity contribution is 5.87. The number of aromatic amines is 1. The number of nitrogens with one attached hydrogen (secondary N) is 1. The summed E-state index contributed by atoms with van der Waals surface area (Å²) in [6.07, 6.45) is 11.4. The lowest BCUT2D eigenvalue weighted by Gasteiger charge is -2.41. The van der Waals surface area contributed by atoms with Crippen molar-refractivity contribution in [3.63, 3.8) is 0 Å². The first-order valence-electron chi connectivity index (χ1n) is 11.7. The van der Waals surface area contributed by atoms with E-state index in [2.05, 4.69) is 32.9 Å². The third kappa shape index (κ3) is 3.22. The van der Waals surface area contributed by atoms with Crippen LogP contribution in [-0.4, -0.2) is 63.5 Å². The van der Waals surface area contributed by atoms with Gasteiger partial charge in [0.1, 0.15) is 11.6 Å². The second kappa shape index (κ2) is 7.89. The second-order valence-corrected chi connectivity index (χ2v) is 9.58. The summed E-state index contributed by atoms with van der Waals surface area (Å²) in [5, 5.41) is 7.49. The number of hydrogen-bond acceptors (Lipinski definition) is 8. The van der Waals surface area contributed by atoms with Crippen molar-refractivity contribution in [3.8, 4) is 12.3 Å². The van der Waals surface area contributed by atoms with Crippen LogP contribution in [0, 0.1) is 23.6 Å². The molecule has 10 heteroatoms. The number of ether oxygens (including phenoxy) is 1. The highest BCUT2D eigenvalue weighted by atomic mass is 19.1. The summed E-state index contributed by atoms with van der Waals surface area (Å²) in [5.41, 5.74) is 9.03. The number of nitrogens with zero attached hydrogens (tertiary/aromatic N) is 6. The van der Waals surface area contributed by atoms with Crippen molar-refractivity contribution in [2.75, 3.05) is 36.0 Å². The molecule has 2 fully saturated rings. The van der Waals surface area contributed by atoms with Crippen LogP contribution in [0.15, 0.2) is 18.5 Å². The van der Waals surface area contributed by atoms with E-state index in [1.165, 1.54) is 12.3 Å². The number of aromatic nitrogens is 5. The van der Waals surface area contributed by atoms with Crippen LogP contribution in [-0.2, 0) is 4.74 Å². The number of nitrogens with two attached hydrogens (primary N) is 1. The highest BCUT2D eigenvalue weighted by Gasteiger charge is 2.47. The molecule has 9 nitrogen and oxygen atoms in total. The molecule has 0 saturated carbocycles. The Labute approximate surface area is 196 Å². The van der Waals surface area contributed by atoms with Crippen molar-refractivity contribution in [1.29, 1.82) is 0 Å². The van der Waals surface area contributed by atoms with Gasteiger partial charge in [0.25, 0.3) is 0 Å². The van der Waals surface area contributed by atoms with Crippen molar-refractivity contribution in [3.05, 3.63) is 30.0 Å². The molecule has 3 aliphatic heterocycles. The number of hydrogen-bond donors (Lipinski definition) is 2. The molecule has 0 aromatic carbocycles. The fourth-order valence-electron chi connectivity index (χ4n) is 5.60. The van der Waals surface area contributed by atoms with E-state index in [-0.39, 0.29) is 23.5 Å². The first-order valence-corrected chi connectivity index (χ1v) is 11.7. The predicted molar refractivity (Wildman–Crippen MR) is 126 cm³/mol. The summed E-state index contributed by atoms with van der Waals surface area (Å²) in [7, 11) is 0.